The number of hydrogen-bond donors (Lipinski definition) is 0. The number of hydrogen-bond acceptors (Lipinski definition) is 6. The number of carbonyl (C=O) groups excluding carboxylic acids is 4. The van der Waals surface area contributed by atoms with Crippen molar-refractivity contribution in [2.45, 2.75) is 13.8 Å². The monoisotopic (exact) mass is 236 g/mol. The molecule has 2 aliphatic heterocycles. The molecule has 1 spiro atoms. The van der Waals surface area contributed by atoms with Crippen LogP contribution < -0.4 is 0 Å². The number of esters is 4. The molecule has 0 aromatic rings. The lowest BCUT2D eigenvalue weighted by molar-refractivity contribution is -0.174. The molecule has 88 valence electrons. The Labute approximate surface area is 95.2 Å². The Hall–Kier alpha value is -1.72. The zero-order valence-corrected chi connectivity index (χ0v) is 9.10. The lowest BCUT2D eigenvalue weighted by atomic mass is 9.54. The molecule has 2 heterocycles. The smallest absolute Gasteiger partial charge is 0.322 e. The Morgan fingerprint density at radius 2 is 1.47 bits per heavy atom. The van der Waals surface area contributed by atoms with Crippen LogP contribution in [-0.2, 0) is 28.7 Å². The molecule has 2 aliphatic carbocycles. The molecule has 0 aromatic heterocycles. The van der Waals surface area contributed by atoms with E-state index < -0.39 is 52.0 Å². The van der Waals surface area contributed by atoms with E-state index in [0.717, 1.165) is 0 Å². The molecule has 5 atom stereocenters. The highest BCUT2D eigenvalue weighted by Gasteiger charge is 3.06. The summed E-state index contributed by atoms with van der Waals surface area (Å²) in [6.07, 6.45) is 0. The van der Waals surface area contributed by atoms with Crippen LogP contribution >= 0.6 is 0 Å². The van der Waals surface area contributed by atoms with Crippen molar-refractivity contribution in [1.82, 2.24) is 0 Å². The first-order chi connectivity index (χ1) is 7.84. The molecule has 0 bridgehead atoms. The maximum Gasteiger partial charge on any atom is 0.322 e. The first kappa shape index (κ1) is 9.32. The summed E-state index contributed by atoms with van der Waals surface area (Å²) in [5.74, 6) is -3.72. The Kier molecular flexibility index (Phi) is 1.05. The van der Waals surface area contributed by atoms with Crippen molar-refractivity contribution in [2.24, 2.45) is 28.1 Å². The Morgan fingerprint density at radius 3 is 2.12 bits per heavy atom. The molecule has 6 nitrogen and oxygen atoms in total. The lowest BCUT2D eigenvalue weighted by Crippen LogP contribution is -2.54. The van der Waals surface area contributed by atoms with Crippen molar-refractivity contribution in [1.29, 1.82) is 0 Å². The van der Waals surface area contributed by atoms with Crippen molar-refractivity contribution in [3.05, 3.63) is 0 Å². The highest BCUT2D eigenvalue weighted by molar-refractivity contribution is 6.18. The van der Waals surface area contributed by atoms with Gasteiger partial charge in [-0.05, 0) is 13.8 Å². The van der Waals surface area contributed by atoms with E-state index in [4.69, 9.17) is 0 Å². The molecular weight excluding hydrogens is 228 g/mol. The molecule has 0 N–H and O–H groups in total. The fourth-order valence-corrected chi connectivity index (χ4v) is 4.61. The van der Waals surface area contributed by atoms with Gasteiger partial charge in [0.1, 0.15) is 5.41 Å². The summed E-state index contributed by atoms with van der Waals surface area (Å²) in [7, 11) is 0. The fraction of sp³-hybridized carbons (Fsp3) is 0.636. The SMILES string of the molecule is CC12C(=O)OC(=O)C1C1C3(C)C(=O)OC(=O)C123. The fourth-order valence-electron chi connectivity index (χ4n) is 4.61. The zero-order chi connectivity index (χ0) is 12.4. The summed E-state index contributed by atoms with van der Waals surface area (Å²) in [5, 5.41) is 0. The van der Waals surface area contributed by atoms with Crippen LogP contribution in [0.3, 0.4) is 0 Å². The number of carbonyl (C=O) groups is 4. The van der Waals surface area contributed by atoms with Gasteiger partial charge in [-0.25, -0.2) is 0 Å². The van der Waals surface area contributed by atoms with E-state index in [1.54, 1.807) is 6.92 Å². The number of rotatable bonds is 0. The normalized spacial score (nSPS) is 57.8. The van der Waals surface area contributed by atoms with Crippen LogP contribution in [0.2, 0.25) is 0 Å². The van der Waals surface area contributed by atoms with Gasteiger partial charge in [0, 0.05) is 5.92 Å². The van der Waals surface area contributed by atoms with Gasteiger partial charge in [0.15, 0.2) is 0 Å². The minimum atomic E-state index is -1.22. The zero-order valence-electron chi connectivity index (χ0n) is 9.10. The van der Waals surface area contributed by atoms with Gasteiger partial charge in [0.05, 0.1) is 16.7 Å². The predicted octanol–water partition coefficient (Wildman–Crippen LogP) is -0.588. The molecule has 6 heteroatoms. The van der Waals surface area contributed by atoms with Crippen molar-refractivity contribution < 1.29 is 28.7 Å². The van der Waals surface area contributed by atoms with E-state index in [9.17, 15) is 19.2 Å². The highest BCUT2D eigenvalue weighted by atomic mass is 16.6. The second-order valence-electron chi connectivity index (χ2n) is 5.55. The standard InChI is InChI=1S/C11H8O6/c1-9-3(5(12)16-6(9)13)4-10(2)7(14)17-8(15)11(4,9)10/h3-4H,1-2H3. The molecule has 17 heavy (non-hydrogen) atoms. The highest BCUT2D eigenvalue weighted by Crippen LogP contribution is 2.93. The van der Waals surface area contributed by atoms with Gasteiger partial charge in [0.2, 0.25) is 0 Å². The Morgan fingerprint density at radius 1 is 0.882 bits per heavy atom. The topological polar surface area (TPSA) is 86.7 Å². The van der Waals surface area contributed by atoms with Crippen LogP contribution in [0.5, 0.6) is 0 Å². The Balaban J connectivity index is 1.98. The average Bonchev–Trinajstić information content (AvgIpc) is 2.56. The molecule has 5 unspecified atom stereocenters. The third-order valence-corrected chi connectivity index (χ3v) is 5.40. The number of fused-ring (bicyclic) bond motifs is 3. The molecular formula is C11H8O6. The first-order valence-corrected chi connectivity index (χ1v) is 5.37. The maximum absolute atomic E-state index is 11.9. The molecule has 0 aromatic carbocycles. The third kappa shape index (κ3) is 0.490. The van der Waals surface area contributed by atoms with Crippen LogP contribution in [-0.4, -0.2) is 23.9 Å². The van der Waals surface area contributed by atoms with E-state index in [0.29, 0.717) is 0 Å². The Bertz CT molecular complexity index is 564. The molecule has 4 rings (SSSR count). The number of cyclic esters (lactones) is 4. The molecule has 0 amide bonds. The van der Waals surface area contributed by atoms with Crippen LogP contribution in [0, 0.1) is 28.1 Å². The third-order valence-electron chi connectivity index (χ3n) is 5.40. The van der Waals surface area contributed by atoms with Gasteiger partial charge in [-0.2, -0.15) is 0 Å². The van der Waals surface area contributed by atoms with Gasteiger partial charge in [0.25, 0.3) is 0 Å². The summed E-state index contributed by atoms with van der Waals surface area (Å²) >= 11 is 0. The van der Waals surface area contributed by atoms with Crippen molar-refractivity contribution in [3.63, 3.8) is 0 Å². The molecule has 4 fully saturated rings. The van der Waals surface area contributed by atoms with Crippen molar-refractivity contribution >= 4 is 23.9 Å². The second kappa shape index (κ2) is 1.91. The quantitative estimate of drug-likeness (QED) is 0.413. The van der Waals surface area contributed by atoms with Gasteiger partial charge in [-0.15, -0.1) is 0 Å². The van der Waals surface area contributed by atoms with Crippen molar-refractivity contribution in [3.8, 4) is 0 Å². The van der Waals surface area contributed by atoms with E-state index >= 15 is 0 Å². The number of ether oxygens (including phenoxy) is 2. The van der Waals surface area contributed by atoms with Crippen LogP contribution in [0.1, 0.15) is 13.8 Å². The lowest BCUT2D eigenvalue weighted by Gasteiger charge is -2.40. The van der Waals surface area contributed by atoms with Crippen LogP contribution in [0.15, 0.2) is 0 Å². The summed E-state index contributed by atoms with van der Waals surface area (Å²) in [5.41, 5.74) is -3.38. The van der Waals surface area contributed by atoms with Crippen molar-refractivity contribution in [2.75, 3.05) is 0 Å². The minimum Gasteiger partial charge on any atom is -0.392 e. The van der Waals surface area contributed by atoms with Crippen LogP contribution in [0.4, 0.5) is 0 Å². The predicted molar refractivity (Wildman–Crippen MR) is 47.8 cm³/mol. The van der Waals surface area contributed by atoms with E-state index in [1.807, 2.05) is 0 Å². The summed E-state index contributed by atoms with van der Waals surface area (Å²) in [4.78, 5) is 46.9. The molecule has 0 radical (unpaired) electrons. The minimum absolute atomic E-state index is 0.423. The molecule has 2 saturated heterocycles. The first-order valence-electron chi connectivity index (χ1n) is 5.37. The largest absolute Gasteiger partial charge is 0.392 e. The molecule has 4 aliphatic rings. The summed E-state index contributed by atoms with van der Waals surface area (Å²) < 4.78 is 9.20. The van der Waals surface area contributed by atoms with Gasteiger partial charge < -0.3 is 9.47 Å². The van der Waals surface area contributed by atoms with E-state index in [2.05, 4.69) is 9.47 Å². The van der Waals surface area contributed by atoms with Gasteiger partial charge in [-0.3, -0.25) is 19.2 Å². The average molecular weight is 236 g/mol. The summed E-state index contributed by atoms with van der Waals surface area (Å²) in [6, 6.07) is 0. The summed E-state index contributed by atoms with van der Waals surface area (Å²) in [6.45, 7) is 3.11. The maximum atomic E-state index is 11.9. The van der Waals surface area contributed by atoms with E-state index in [1.165, 1.54) is 6.92 Å². The molecule has 2 saturated carbocycles. The van der Waals surface area contributed by atoms with Gasteiger partial charge in [-0.1, -0.05) is 0 Å². The van der Waals surface area contributed by atoms with E-state index in [-0.39, 0.29) is 0 Å². The van der Waals surface area contributed by atoms with Crippen LogP contribution in [0.25, 0.3) is 0 Å². The van der Waals surface area contributed by atoms with Gasteiger partial charge >= 0.3 is 23.9 Å². The second-order valence-corrected chi connectivity index (χ2v) is 5.55.